The molecule has 3 rings (SSSR count). The van der Waals surface area contributed by atoms with Gasteiger partial charge in [-0.1, -0.05) is 5.57 Å². The zero-order valence-corrected chi connectivity index (χ0v) is 9.70. The van der Waals surface area contributed by atoms with Gasteiger partial charge in [-0.15, -0.1) is 0 Å². The summed E-state index contributed by atoms with van der Waals surface area (Å²) in [4.78, 5) is 11.9. The van der Waals surface area contributed by atoms with Crippen LogP contribution < -0.4 is 0 Å². The van der Waals surface area contributed by atoms with E-state index in [0.717, 1.165) is 31.4 Å². The summed E-state index contributed by atoms with van der Waals surface area (Å²) in [6.45, 7) is 0.861. The molecule has 2 fully saturated rings. The van der Waals surface area contributed by atoms with Gasteiger partial charge in [0.1, 0.15) is 0 Å². The van der Waals surface area contributed by atoms with E-state index < -0.39 is 0 Å². The Hall–Kier alpha value is -0.830. The van der Waals surface area contributed by atoms with Crippen LogP contribution in [-0.4, -0.2) is 25.8 Å². The average molecular weight is 222 g/mol. The lowest BCUT2D eigenvalue weighted by molar-refractivity contribution is -0.137. The first-order valence-corrected chi connectivity index (χ1v) is 6.25. The summed E-state index contributed by atoms with van der Waals surface area (Å²) < 4.78 is 10.8. The van der Waals surface area contributed by atoms with Crippen LogP contribution >= 0.6 is 0 Å². The number of methoxy groups -OCH3 is 1. The minimum Gasteiger partial charge on any atom is -0.466 e. The second-order valence-corrected chi connectivity index (χ2v) is 5.01. The molecule has 0 aromatic heterocycles. The largest absolute Gasteiger partial charge is 0.466 e. The molecule has 1 saturated carbocycles. The highest BCUT2D eigenvalue weighted by Gasteiger charge is 2.48. The number of rotatable bonds is 1. The Balaban J connectivity index is 1.97. The Morgan fingerprint density at radius 3 is 2.94 bits per heavy atom. The summed E-state index contributed by atoms with van der Waals surface area (Å²) >= 11 is 0. The van der Waals surface area contributed by atoms with Crippen LogP contribution in [0.1, 0.15) is 32.1 Å². The molecule has 0 radical (unpaired) electrons. The van der Waals surface area contributed by atoms with Crippen molar-refractivity contribution in [3.63, 3.8) is 0 Å². The summed E-state index contributed by atoms with van der Waals surface area (Å²) in [7, 11) is 1.48. The van der Waals surface area contributed by atoms with Gasteiger partial charge in [-0.2, -0.15) is 0 Å². The van der Waals surface area contributed by atoms with Gasteiger partial charge in [0.05, 0.1) is 13.2 Å². The molecule has 0 bridgehead atoms. The van der Waals surface area contributed by atoms with E-state index in [2.05, 4.69) is 0 Å². The molecule has 1 saturated heterocycles. The van der Waals surface area contributed by atoms with Crippen molar-refractivity contribution < 1.29 is 14.3 Å². The quantitative estimate of drug-likeness (QED) is 0.637. The second kappa shape index (κ2) is 3.88. The highest BCUT2D eigenvalue weighted by atomic mass is 16.5. The van der Waals surface area contributed by atoms with Gasteiger partial charge in [0.25, 0.3) is 0 Å². The molecule has 3 aliphatic rings. The zero-order valence-electron chi connectivity index (χ0n) is 9.70. The number of hydrogen-bond acceptors (Lipinski definition) is 3. The Bertz CT molecular complexity index is 345. The summed E-state index contributed by atoms with van der Waals surface area (Å²) in [5.74, 6) is 0.723. The molecule has 0 unspecified atom stereocenters. The molecule has 0 aromatic carbocycles. The molecule has 1 heterocycles. The zero-order chi connectivity index (χ0) is 11.1. The third-order valence-corrected chi connectivity index (χ3v) is 4.29. The minimum atomic E-state index is -0.111. The molecule has 3 nitrogen and oxygen atoms in total. The van der Waals surface area contributed by atoms with Gasteiger partial charge < -0.3 is 9.47 Å². The Morgan fingerprint density at radius 2 is 2.12 bits per heavy atom. The van der Waals surface area contributed by atoms with Gasteiger partial charge in [0.2, 0.25) is 0 Å². The molecular formula is C13H18O3. The molecule has 0 N–H and O–H groups in total. The lowest BCUT2D eigenvalue weighted by atomic mass is 9.88. The monoisotopic (exact) mass is 222 g/mol. The molecule has 3 atom stereocenters. The fourth-order valence-electron chi connectivity index (χ4n) is 3.71. The Morgan fingerprint density at radius 1 is 1.31 bits per heavy atom. The number of esters is 1. The fourth-order valence-corrected chi connectivity index (χ4v) is 3.71. The van der Waals surface area contributed by atoms with Gasteiger partial charge >= 0.3 is 5.97 Å². The maximum Gasteiger partial charge on any atom is 0.334 e. The van der Waals surface area contributed by atoms with E-state index in [1.54, 1.807) is 0 Å². The van der Waals surface area contributed by atoms with Crippen molar-refractivity contribution in [2.24, 2.45) is 11.8 Å². The van der Waals surface area contributed by atoms with Crippen LogP contribution in [0.25, 0.3) is 0 Å². The highest BCUT2D eigenvalue weighted by molar-refractivity contribution is 5.91. The van der Waals surface area contributed by atoms with Crippen LogP contribution in [0.4, 0.5) is 0 Å². The lowest BCUT2D eigenvalue weighted by Crippen LogP contribution is -2.32. The van der Waals surface area contributed by atoms with E-state index in [-0.39, 0.29) is 12.1 Å². The van der Waals surface area contributed by atoms with Gasteiger partial charge in [0, 0.05) is 24.0 Å². The maximum atomic E-state index is 11.9. The molecule has 3 heteroatoms. The number of hydrogen-bond donors (Lipinski definition) is 0. The first kappa shape index (κ1) is 10.3. The second-order valence-electron chi connectivity index (χ2n) is 5.01. The fraction of sp³-hybridized carbons (Fsp3) is 0.769. The van der Waals surface area contributed by atoms with E-state index >= 15 is 0 Å². The summed E-state index contributed by atoms with van der Waals surface area (Å²) in [5.41, 5.74) is 2.32. The Labute approximate surface area is 95.8 Å². The first-order chi connectivity index (χ1) is 7.83. The smallest absolute Gasteiger partial charge is 0.334 e. The van der Waals surface area contributed by atoms with Crippen LogP contribution in [-0.2, 0) is 14.3 Å². The van der Waals surface area contributed by atoms with Crippen molar-refractivity contribution in [2.75, 3.05) is 13.7 Å². The molecule has 0 amide bonds. The SMILES string of the molecule is COC(=O)C1=C2CCC[C@H]2[C@@H]2OCCC[C@H]12. The summed E-state index contributed by atoms with van der Waals surface area (Å²) in [5, 5.41) is 0. The van der Waals surface area contributed by atoms with E-state index in [9.17, 15) is 4.79 Å². The molecule has 0 aromatic rings. The van der Waals surface area contributed by atoms with Crippen molar-refractivity contribution in [2.45, 2.75) is 38.2 Å². The van der Waals surface area contributed by atoms with E-state index in [0.29, 0.717) is 11.8 Å². The normalized spacial score (nSPS) is 37.2. The van der Waals surface area contributed by atoms with Crippen molar-refractivity contribution in [1.29, 1.82) is 0 Å². The van der Waals surface area contributed by atoms with Crippen molar-refractivity contribution in [3.05, 3.63) is 11.1 Å². The van der Waals surface area contributed by atoms with Gasteiger partial charge in [0.15, 0.2) is 0 Å². The Kier molecular flexibility index (Phi) is 2.51. The molecule has 2 aliphatic carbocycles. The number of carbonyl (C=O) groups is 1. The average Bonchev–Trinajstić information content (AvgIpc) is 2.87. The summed E-state index contributed by atoms with van der Waals surface area (Å²) in [6, 6.07) is 0. The topological polar surface area (TPSA) is 35.5 Å². The van der Waals surface area contributed by atoms with Gasteiger partial charge in [-0.3, -0.25) is 0 Å². The summed E-state index contributed by atoms with van der Waals surface area (Å²) in [6.07, 6.45) is 5.91. The lowest BCUT2D eigenvalue weighted by Gasteiger charge is -2.30. The van der Waals surface area contributed by atoms with Gasteiger partial charge in [-0.05, 0) is 32.1 Å². The molecular weight excluding hydrogens is 204 g/mol. The number of fused-ring (bicyclic) bond motifs is 3. The third-order valence-electron chi connectivity index (χ3n) is 4.29. The minimum absolute atomic E-state index is 0.111. The highest BCUT2D eigenvalue weighted by Crippen LogP contribution is 2.50. The number of carbonyl (C=O) groups excluding carboxylic acids is 1. The first-order valence-electron chi connectivity index (χ1n) is 6.25. The molecule has 16 heavy (non-hydrogen) atoms. The number of ether oxygens (including phenoxy) is 2. The maximum absolute atomic E-state index is 11.9. The van der Waals surface area contributed by atoms with E-state index in [1.807, 2.05) is 0 Å². The van der Waals surface area contributed by atoms with Gasteiger partial charge in [-0.25, -0.2) is 4.79 Å². The van der Waals surface area contributed by atoms with Crippen LogP contribution in [0.5, 0.6) is 0 Å². The van der Waals surface area contributed by atoms with Crippen LogP contribution in [0, 0.1) is 11.8 Å². The van der Waals surface area contributed by atoms with E-state index in [1.165, 1.54) is 25.5 Å². The molecule has 1 aliphatic heterocycles. The van der Waals surface area contributed by atoms with Crippen LogP contribution in [0.15, 0.2) is 11.1 Å². The predicted molar refractivity (Wildman–Crippen MR) is 58.8 cm³/mol. The van der Waals surface area contributed by atoms with Crippen LogP contribution in [0.3, 0.4) is 0 Å². The van der Waals surface area contributed by atoms with E-state index in [4.69, 9.17) is 9.47 Å². The third kappa shape index (κ3) is 1.34. The van der Waals surface area contributed by atoms with Crippen molar-refractivity contribution in [3.8, 4) is 0 Å². The van der Waals surface area contributed by atoms with Crippen molar-refractivity contribution >= 4 is 5.97 Å². The molecule has 88 valence electrons. The standard InChI is InChI=1S/C13H18O3/c1-15-13(14)11-8-4-2-5-9(8)12-10(11)6-3-7-16-12/h9-10,12H,2-7H2,1H3/t9-,10-,12+/m1/s1. The predicted octanol–water partition coefficient (Wildman–Crippen LogP) is 2.06. The molecule has 0 spiro atoms. The van der Waals surface area contributed by atoms with Crippen LogP contribution in [0.2, 0.25) is 0 Å². The van der Waals surface area contributed by atoms with Crippen molar-refractivity contribution in [1.82, 2.24) is 0 Å².